The van der Waals surface area contributed by atoms with E-state index in [1.54, 1.807) is 7.05 Å². The lowest BCUT2D eigenvalue weighted by Gasteiger charge is -2.13. The fourth-order valence-corrected chi connectivity index (χ4v) is 4.01. The molecule has 3 aromatic rings. The lowest BCUT2D eigenvalue weighted by atomic mass is 10.1. The van der Waals surface area contributed by atoms with E-state index in [4.69, 9.17) is 9.57 Å². The highest BCUT2D eigenvalue weighted by atomic mass is 79.9. The van der Waals surface area contributed by atoms with E-state index >= 15 is 0 Å². The number of ether oxygens (including phenoxy) is 1. The van der Waals surface area contributed by atoms with Gasteiger partial charge in [-0.1, -0.05) is 28.1 Å². The molecule has 0 aliphatic rings. The maximum Gasteiger partial charge on any atom is 0.291 e. The molecule has 30 heavy (non-hydrogen) atoms. The molecule has 7 nitrogen and oxygen atoms in total. The van der Waals surface area contributed by atoms with Gasteiger partial charge in [-0.25, -0.2) is 15.0 Å². The monoisotopic (exact) mass is 490 g/mol. The van der Waals surface area contributed by atoms with Crippen LogP contribution >= 0.6 is 27.3 Å². The van der Waals surface area contributed by atoms with E-state index in [0.29, 0.717) is 17.2 Å². The van der Waals surface area contributed by atoms with Crippen LogP contribution in [0, 0.1) is 0 Å². The van der Waals surface area contributed by atoms with Crippen LogP contribution in [0.5, 0.6) is 5.75 Å². The average molecular weight is 491 g/mol. The summed E-state index contributed by atoms with van der Waals surface area (Å²) >= 11 is 4.76. The topological polar surface area (TPSA) is 76.6 Å². The highest BCUT2D eigenvalue weighted by Crippen LogP contribution is 2.36. The third-order valence-corrected chi connectivity index (χ3v) is 5.96. The molecule has 0 radical (unpaired) electrons. The first-order chi connectivity index (χ1) is 14.5. The van der Waals surface area contributed by atoms with Gasteiger partial charge in [0, 0.05) is 30.2 Å². The van der Waals surface area contributed by atoms with Crippen molar-refractivity contribution in [3.05, 3.63) is 57.6 Å². The van der Waals surface area contributed by atoms with Gasteiger partial charge in [0.25, 0.3) is 5.91 Å². The van der Waals surface area contributed by atoms with Crippen LogP contribution in [0.4, 0.5) is 5.82 Å². The zero-order valence-corrected chi connectivity index (χ0v) is 19.4. The SMILES string of the molecule is CCOc1cc(-c2cc(NCCc3ccc(Br)cc3)ncn2)sc1C(=O)N(C)OC. The van der Waals surface area contributed by atoms with Crippen LogP contribution in [0.25, 0.3) is 10.6 Å². The molecule has 0 unspecified atom stereocenters. The van der Waals surface area contributed by atoms with Crippen LogP contribution in [0.15, 0.2) is 47.2 Å². The Labute approximate surface area is 188 Å². The summed E-state index contributed by atoms with van der Waals surface area (Å²) in [7, 11) is 3.01. The number of hydrogen-bond donors (Lipinski definition) is 1. The first-order valence-electron chi connectivity index (χ1n) is 9.41. The summed E-state index contributed by atoms with van der Waals surface area (Å²) < 4.78 is 6.72. The van der Waals surface area contributed by atoms with Gasteiger partial charge in [-0.3, -0.25) is 9.63 Å². The Bertz CT molecular complexity index is 994. The number of halogens is 1. The van der Waals surface area contributed by atoms with Gasteiger partial charge in [0.05, 0.1) is 24.3 Å². The summed E-state index contributed by atoms with van der Waals surface area (Å²) in [4.78, 5) is 27.5. The predicted octanol–water partition coefficient (Wildman–Crippen LogP) is 4.65. The van der Waals surface area contributed by atoms with Crippen molar-refractivity contribution in [2.75, 3.05) is 32.6 Å². The third-order valence-electron chi connectivity index (χ3n) is 4.30. The Kier molecular flexibility index (Phi) is 7.78. The number of thiophene rings is 1. The lowest BCUT2D eigenvalue weighted by Crippen LogP contribution is -2.24. The molecule has 0 saturated carbocycles. The van der Waals surface area contributed by atoms with Gasteiger partial charge in [-0.15, -0.1) is 11.3 Å². The largest absolute Gasteiger partial charge is 0.492 e. The van der Waals surface area contributed by atoms with Crippen LogP contribution in [-0.4, -0.2) is 48.2 Å². The van der Waals surface area contributed by atoms with Crippen molar-refractivity contribution in [2.24, 2.45) is 0 Å². The standard InChI is InChI=1S/C21H23BrN4O3S/c1-4-29-17-12-18(30-20(17)21(27)26(2)28-3)16-11-19(25-13-24-16)23-10-9-14-5-7-15(22)8-6-14/h5-8,11-13H,4,9-10H2,1-3H3,(H,23,24,25). The number of amides is 1. The molecular formula is C21H23BrN4O3S. The highest BCUT2D eigenvalue weighted by Gasteiger charge is 2.22. The molecule has 0 spiro atoms. The van der Waals surface area contributed by atoms with Crippen molar-refractivity contribution in [2.45, 2.75) is 13.3 Å². The third kappa shape index (κ3) is 5.56. The molecule has 0 saturated heterocycles. The molecule has 2 heterocycles. The van der Waals surface area contributed by atoms with E-state index in [0.717, 1.165) is 33.8 Å². The van der Waals surface area contributed by atoms with E-state index in [2.05, 4.69) is 43.3 Å². The molecule has 3 rings (SSSR count). The minimum Gasteiger partial charge on any atom is -0.492 e. The smallest absolute Gasteiger partial charge is 0.291 e. The summed E-state index contributed by atoms with van der Waals surface area (Å²) in [6.07, 6.45) is 2.39. The number of benzene rings is 1. The second-order valence-corrected chi connectivity index (χ2v) is 8.28. The zero-order valence-electron chi connectivity index (χ0n) is 17.0. The van der Waals surface area contributed by atoms with Gasteiger partial charge in [0.2, 0.25) is 0 Å². The predicted molar refractivity (Wildman–Crippen MR) is 122 cm³/mol. The molecule has 0 bridgehead atoms. The van der Waals surface area contributed by atoms with Crippen LogP contribution in [0.3, 0.4) is 0 Å². The van der Waals surface area contributed by atoms with Crippen molar-refractivity contribution >= 4 is 39.0 Å². The highest BCUT2D eigenvalue weighted by molar-refractivity contribution is 9.10. The summed E-state index contributed by atoms with van der Waals surface area (Å²) in [5.74, 6) is 0.985. The molecule has 1 N–H and O–H groups in total. The quantitative estimate of drug-likeness (QED) is 0.439. The maximum atomic E-state index is 12.6. The van der Waals surface area contributed by atoms with Crippen LogP contribution in [-0.2, 0) is 11.3 Å². The molecule has 158 valence electrons. The summed E-state index contributed by atoms with van der Waals surface area (Å²) in [6, 6.07) is 12.0. The Balaban J connectivity index is 1.74. The molecule has 0 aliphatic carbocycles. The normalized spacial score (nSPS) is 10.7. The maximum absolute atomic E-state index is 12.6. The average Bonchev–Trinajstić information content (AvgIpc) is 3.18. The zero-order chi connectivity index (χ0) is 21.5. The molecule has 1 aromatic carbocycles. The molecular weight excluding hydrogens is 468 g/mol. The number of nitrogens with zero attached hydrogens (tertiary/aromatic N) is 3. The Hall–Kier alpha value is -2.49. The van der Waals surface area contributed by atoms with Crippen LogP contribution in [0.1, 0.15) is 22.2 Å². The Morgan fingerprint density at radius 1 is 1.23 bits per heavy atom. The molecule has 2 aromatic heterocycles. The van der Waals surface area contributed by atoms with Gasteiger partial charge >= 0.3 is 0 Å². The van der Waals surface area contributed by atoms with Gasteiger partial charge < -0.3 is 10.1 Å². The molecule has 9 heteroatoms. The number of nitrogens with one attached hydrogen (secondary N) is 1. The van der Waals surface area contributed by atoms with E-state index in [-0.39, 0.29) is 5.91 Å². The molecule has 0 fully saturated rings. The van der Waals surface area contributed by atoms with Gasteiger partial charge in [0.1, 0.15) is 22.8 Å². The summed E-state index contributed by atoms with van der Waals surface area (Å²) in [5.41, 5.74) is 1.96. The number of hydroxylamine groups is 2. The van der Waals surface area contributed by atoms with Crippen molar-refractivity contribution in [3.8, 4) is 16.3 Å². The number of carbonyl (C=O) groups excluding carboxylic acids is 1. The molecule has 0 aliphatic heterocycles. The van der Waals surface area contributed by atoms with Crippen LogP contribution < -0.4 is 10.1 Å². The Morgan fingerprint density at radius 3 is 2.70 bits per heavy atom. The fraction of sp³-hybridized carbons (Fsp3) is 0.286. The number of rotatable bonds is 9. The molecule has 1 amide bonds. The molecule has 0 atom stereocenters. The summed E-state index contributed by atoms with van der Waals surface area (Å²) in [6.45, 7) is 3.08. The number of aromatic nitrogens is 2. The fourth-order valence-electron chi connectivity index (χ4n) is 2.71. The van der Waals surface area contributed by atoms with E-state index in [1.807, 2.05) is 31.2 Å². The van der Waals surface area contributed by atoms with Crippen molar-refractivity contribution in [1.82, 2.24) is 15.0 Å². The minimum atomic E-state index is -0.265. The Morgan fingerprint density at radius 2 is 2.00 bits per heavy atom. The van der Waals surface area contributed by atoms with Crippen molar-refractivity contribution in [3.63, 3.8) is 0 Å². The minimum absolute atomic E-state index is 0.265. The lowest BCUT2D eigenvalue weighted by molar-refractivity contribution is -0.0755. The number of carbonyl (C=O) groups is 1. The van der Waals surface area contributed by atoms with Gasteiger partial charge in [-0.2, -0.15) is 0 Å². The second kappa shape index (κ2) is 10.5. The summed E-state index contributed by atoms with van der Waals surface area (Å²) in [5, 5.41) is 4.50. The first kappa shape index (κ1) is 22.2. The van der Waals surface area contributed by atoms with Gasteiger partial charge in [-0.05, 0) is 31.0 Å². The van der Waals surface area contributed by atoms with Crippen molar-refractivity contribution in [1.29, 1.82) is 0 Å². The van der Waals surface area contributed by atoms with E-state index in [9.17, 15) is 4.79 Å². The number of anilines is 1. The van der Waals surface area contributed by atoms with Crippen LogP contribution in [0.2, 0.25) is 0 Å². The second-order valence-electron chi connectivity index (χ2n) is 6.31. The first-order valence-corrected chi connectivity index (χ1v) is 11.0. The number of hydrogen-bond acceptors (Lipinski definition) is 7. The van der Waals surface area contributed by atoms with Crippen molar-refractivity contribution < 1.29 is 14.4 Å². The van der Waals surface area contributed by atoms with Gasteiger partial charge in [0.15, 0.2) is 0 Å². The van der Waals surface area contributed by atoms with E-state index in [1.165, 1.54) is 35.4 Å². The van der Waals surface area contributed by atoms with E-state index < -0.39 is 0 Å².